The fraction of sp³-hybridized carbons (Fsp3) is 0.364. The molecule has 1 aromatic rings. The Hall–Kier alpha value is -1.51. The summed E-state index contributed by atoms with van der Waals surface area (Å²) >= 11 is 0. The maximum absolute atomic E-state index is 10.6. The number of aromatic nitrogens is 1. The molecule has 1 aromatic heterocycles. The summed E-state index contributed by atoms with van der Waals surface area (Å²) < 4.78 is 1.94. The molecule has 0 spiro atoms. The van der Waals surface area contributed by atoms with Crippen LogP contribution in [0.1, 0.15) is 18.4 Å². The van der Waals surface area contributed by atoms with Crippen molar-refractivity contribution in [2.45, 2.75) is 12.8 Å². The second kappa shape index (κ2) is 3.33. The maximum atomic E-state index is 10.6. The Labute approximate surface area is 82.7 Å². The van der Waals surface area contributed by atoms with Gasteiger partial charge in [0, 0.05) is 25.5 Å². The molecule has 0 bridgehead atoms. The van der Waals surface area contributed by atoms with Crippen LogP contribution in [0.15, 0.2) is 24.5 Å². The number of allylic oxidation sites excluding steroid dienone is 1. The first-order valence-electron chi connectivity index (χ1n) is 4.73. The van der Waals surface area contributed by atoms with E-state index >= 15 is 0 Å². The van der Waals surface area contributed by atoms with E-state index in [0.717, 1.165) is 24.0 Å². The van der Waals surface area contributed by atoms with E-state index in [0.29, 0.717) is 5.92 Å². The van der Waals surface area contributed by atoms with Crippen molar-refractivity contribution >= 4 is 11.5 Å². The Balaban J connectivity index is 2.31. The van der Waals surface area contributed by atoms with Crippen molar-refractivity contribution in [3.05, 3.63) is 30.1 Å². The van der Waals surface area contributed by atoms with Crippen LogP contribution in [0.5, 0.6) is 0 Å². The molecule has 1 aliphatic rings. The third kappa shape index (κ3) is 1.87. The normalized spacial score (nSPS) is 17.1. The molecule has 2 rings (SSSR count). The number of hydrogen-bond acceptors (Lipinski definition) is 1. The van der Waals surface area contributed by atoms with E-state index in [-0.39, 0.29) is 0 Å². The fourth-order valence-electron chi connectivity index (χ4n) is 1.64. The Kier molecular flexibility index (Phi) is 2.15. The van der Waals surface area contributed by atoms with E-state index in [1.807, 2.05) is 30.1 Å². The van der Waals surface area contributed by atoms with E-state index in [9.17, 15) is 4.79 Å². The highest BCUT2D eigenvalue weighted by Crippen LogP contribution is 2.41. The molecule has 0 saturated heterocycles. The van der Waals surface area contributed by atoms with Gasteiger partial charge in [-0.25, -0.2) is 4.79 Å². The number of carbonyl (C=O) groups is 1. The van der Waals surface area contributed by atoms with Gasteiger partial charge in [0.15, 0.2) is 0 Å². The van der Waals surface area contributed by atoms with Crippen LogP contribution in [0.4, 0.5) is 0 Å². The average molecular weight is 191 g/mol. The zero-order valence-electron chi connectivity index (χ0n) is 8.10. The molecule has 3 heteroatoms. The molecule has 14 heavy (non-hydrogen) atoms. The lowest BCUT2D eigenvalue weighted by Gasteiger charge is -2.00. The molecule has 0 unspecified atom stereocenters. The highest BCUT2D eigenvalue weighted by molar-refractivity contribution is 5.91. The van der Waals surface area contributed by atoms with Crippen LogP contribution in [0.3, 0.4) is 0 Å². The summed E-state index contributed by atoms with van der Waals surface area (Å²) in [6, 6.07) is 1.97. The summed E-state index contributed by atoms with van der Waals surface area (Å²) in [6.07, 6.45) is 7.48. The molecule has 1 N–H and O–H groups in total. The van der Waals surface area contributed by atoms with Crippen LogP contribution in [-0.4, -0.2) is 15.6 Å². The van der Waals surface area contributed by atoms with Gasteiger partial charge in [-0.1, -0.05) is 0 Å². The number of aliphatic carboxylic acids is 1. The SMILES string of the molecule is Cn1ccc(/C(=C/C(=O)O)C2CC2)c1. The van der Waals surface area contributed by atoms with Gasteiger partial charge in [-0.2, -0.15) is 0 Å². The van der Waals surface area contributed by atoms with E-state index < -0.39 is 5.97 Å². The molecule has 0 aromatic carbocycles. The summed E-state index contributed by atoms with van der Waals surface area (Å²) in [4.78, 5) is 10.6. The van der Waals surface area contributed by atoms with Crippen molar-refractivity contribution in [1.82, 2.24) is 4.57 Å². The van der Waals surface area contributed by atoms with Gasteiger partial charge in [-0.3, -0.25) is 0 Å². The highest BCUT2D eigenvalue weighted by Gasteiger charge is 2.27. The van der Waals surface area contributed by atoms with Crippen LogP contribution in [-0.2, 0) is 11.8 Å². The number of aryl methyl sites for hydroxylation is 1. The maximum Gasteiger partial charge on any atom is 0.328 e. The molecule has 0 aliphatic heterocycles. The van der Waals surface area contributed by atoms with Gasteiger partial charge < -0.3 is 9.67 Å². The molecular formula is C11H13NO2. The predicted molar refractivity (Wildman–Crippen MR) is 53.7 cm³/mol. The van der Waals surface area contributed by atoms with Gasteiger partial charge in [-0.05, 0) is 36.0 Å². The zero-order valence-corrected chi connectivity index (χ0v) is 8.10. The Bertz CT molecular complexity index is 386. The number of hydrogen-bond donors (Lipinski definition) is 1. The molecule has 1 aliphatic carbocycles. The lowest BCUT2D eigenvalue weighted by Crippen LogP contribution is -1.93. The predicted octanol–water partition coefficient (Wildman–Crippen LogP) is 1.90. The molecule has 0 radical (unpaired) electrons. The van der Waals surface area contributed by atoms with Crippen molar-refractivity contribution in [1.29, 1.82) is 0 Å². The summed E-state index contributed by atoms with van der Waals surface area (Å²) in [5, 5.41) is 8.75. The first kappa shape index (κ1) is 9.06. The lowest BCUT2D eigenvalue weighted by molar-refractivity contribution is -0.131. The third-order valence-corrected chi connectivity index (χ3v) is 2.46. The van der Waals surface area contributed by atoms with Crippen molar-refractivity contribution < 1.29 is 9.90 Å². The standard InChI is InChI=1S/C11H13NO2/c1-12-5-4-9(7-12)10(6-11(13)14)8-2-3-8/h4-8H,2-3H2,1H3,(H,13,14)/b10-6+. The quantitative estimate of drug-likeness (QED) is 0.741. The van der Waals surface area contributed by atoms with Crippen LogP contribution >= 0.6 is 0 Å². The molecule has 74 valence electrons. The molecule has 3 nitrogen and oxygen atoms in total. The minimum Gasteiger partial charge on any atom is -0.478 e. The summed E-state index contributed by atoms with van der Waals surface area (Å²) in [5.74, 6) is -0.385. The van der Waals surface area contributed by atoms with Crippen molar-refractivity contribution in [3.63, 3.8) is 0 Å². The molecule has 1 fully saturated rings. The second-order valence-corrected chi connectivity index (χ2v) is 3.78. The first-order chi connectivity index (χ1) is 6.66. The fourth-order valence-corrected chi connectivity index (χ4v) is 1.64. The summed E-state index contributed by atoms with van der Waals surface area (Å²) in [7, 11) is 1.94. The Morgan fingerprint density at radius 1 is 1.64 bits per heavy atom. The Morgan fingerprint density at radius 3 is 2.79 bits per heavy atom. The van der Waals surface area contributed by atoms with Crippen molar-refractivity contribution in [2.75, 3.05) is 0 Å². The summed E-state index contributed by atoms with van der Waals surface area (Å²) in [5.41, 5.74) is 2.01. The van der Waals surface area contributed by atoms with E-state index in [1.54, 1.807) is 0 Å². The number of carboxylic acid groups (broad SMARTS) is 1. The zero-order chi connectivity index (χ0) is 10.1. The van der Waals surface area contributed by atoms with Gasteiger partial charge in [0.1, 0.15) is 0 Å². The lowest BCUT2D eigenvalue weighted by atomic mass is 10.0. The van der Waals surface area contributed by atoms with Gasteiger partial charge >= 0.3 is 5.97 Å². The average Bonchev–Trinajstić information content (AvgIpc) is 2.85. The van der Waals surface area contributed by atoms with Crippen LogP contribution in [0.25, 0.3) is 5.57 Å². The third-order valence-electron chi connectivity index (χ3n) is 2.46. The minimum absolute atomic E-state index is 0.466. The van der Waals surface area contributed by atoms with E-state index in [1.165, 1.54) is 6.08 Å². The first-order valence-corrected chi connectivity index (χ1v) is 4.73. The number of carboxylic acids is 1. The van der Waals surface area contributed by atoms with Crippen molar-refractivity contribution in [3.8, 4) is 0 Å². The molecule has 0 atom stereocenters. The number of rotatable bonds is 3. The van der Waals surface area contributed by atoms with E-state index in [2.05, 4.69) is 0 Å². The molecular weight excluding hydrogens is 178 g/mol. The second-order valence-electron chi connectivity index (χ2n) is 3.78. The summed E-state index contributed by atoms with van der Waals surface area (Å²) in [6.45, 7) is 0. The largest absolute Gasteiger partial charge is 0.478 e. The number of nitrogens with zero attached hydrogens (tertiary/aromatic N) is 1. The highest BCUT2D eigenvalue weighted by atomic mass is 16.4. The van der Waals surface area contributed by atoms with Gasteiger partial charge in [0.05, 0.1) is 0 Å². The molecule has 0 amide bonds. The van der Waals surface area contributed by atoms with Crippen LogP contribution in [0.2, 0.25) is 0 Å². The van der Waals surface area contributed by atoms with Gasteiger partial charge in [-0.15, -0.1) is 0 Å². The minimum atomic E-state index is -0.851. The Morgan fingerprint density at radius 2 is 2.36 bits per heavy atom. The molecule has 1 saturated carbocycles. The van der Waals surface area contributed by atoms with E-state index in [4.69, 9.17) is 5.11 Å². The van der Waals surface area contributed by atoms with Gasteiger partial charge in [0.25, 0.3) is 0 Å². The van der Waals surface area contributed by atoms with Gasteiger partial charge in [0.2, 0.25) is 0 Å². The van der Waals surface area contributed by atoms with Crippen molar-refractivity contribution in [2.24, 2.45) is 13.0 Å². The van der Waals surface area contributed by atoms with Crippen LogP contribution in [0, 0.1) is 5.92 Å². The molecule has 1 heterocycles. The topological polar surface area (TPSA) is 42.2 Å². The van der Waals surface area contributed by atoms with Crippen LogP contribution < -0.4 is 0 Å². The smallest absolute Gasteiger partial charge is 0.328 e. The monoisotopic (exact) mass is 191 g/mol.